The number of hydrogen-bond donors (Lipinski definition) is 3. The van der Waals surface area contributed by atoms with Crippen molar-refractivity contribution >= 4 is 34.8 Å². The van der Waals surface area contributed by atoms with Crippen LogP contribution in [0.15, 0.2) is 97.1 Å². The Bertz CT molecular complexity index is 1440. The largest absolute Gasteiger partial charge is 0.395 e. The van der Waals surface area contributed by atoms with Crippen molar-refractivity contribution in [3.63, 3.8) is 0 Å². The lowest BCUT2D eigenvalue weighted by Crippen LogP contribution is -2.43. The van der Waals surface area contributed by atoms with Crippen molar-refractivity contribution < 1.29 is 14.7 Å². The summed E-state index contributed by atoms with van der Waals surface area (Å²) in [6, 6.07) is 29.4. The smallest absolute Gasteiger partial charge is 0.259 e. The molecule has 5 rings (SSSR count). The third-order valence-corrected chi connectivity index (χ3v) is 6.76. The molecule has 0 saturated carbocycles. The molecule has 37 heavy (non-hydrogen) atoms. The minimum atomic E-state index is -0.271. The highest BCUT2D eigenvalue weighted by Gasteiger charge is 2.27. The van der Waals surface area contributed by atoms with Crippen LogP contribution in [0, 0.1) is 0 Å². The number of para-hydroxylation sites is 1. The van der Waals surface area contributed by atoms with E-state index in [-0.39, 0.29) is 29.5 Å². The van der Waals surface area contributed by atoms with Crippen LogP contribution in [0.4, 0.5) is 11.4 Å². The van der Waals surface area contributed by atoms with Gasteiger partial charge in [-0.2, -0.15) is 0 Å². The van der Waals surface area contributed by atoms with E-state index >= 15 is 0 Å². The van der Waals surface area contributed by atoms with Crippen molar-refractivity contribution in [3.8, 4) is 11.1 Å². The van der Waals surface area contributed by atoms with E-state index in [1.807, 2.05) is 72.8 Å². The number of nitrogens with zero attached hydrogens (tertiary/aromatic N) is 1. The molecule has 0 fully saturated rings. The van der Waals surface area contributed by atoms with Gasteiger partial charge < -0.3 is 20.6 Å². The van der Waals surface area contributed by atoms with Crippen LogP contribution in [0.3, 0.4) is 0 Å². The minimum absolute atomic E-state index is 0.0963. The summed E-state index contributed by atoms with van der Waals surface area (Å²) >= 11 is 6.57. The van der Waals surface area contributed by atoms with Crippen LogP contribution in [-0.2, 0) is 6.54 Å². The molecule has 1 atom stereocenters. The molecule has 0 bridgehead atoms. The number of carbonyl (C=O) groups excluding carboxylic acids is 2. The van der Waals surface area contributed by atoms with Crippen LogP contribution in [0.2, 0.25) is 5.02 Å². The summed E-state index contributed by atoms with van der Waals surface area (Å²) in [5, 5.41) is 16.2. The van der Waals surface area contributed by atoms with Crippen molar-refractivity contribution in [1.82, 2.24) is 5.32 Å². The van der Waals surface area contributed by atoms with Crippen LogP contribution in [-0.4, -0.2) is 36.1 Å². The standard InChI is InChI=1S/C30H26ClN3O3/c31-27-16-22(33-29(36)25-12-6-5-11-24(25)20-8-2-1-3-9-20)14-15-26(27)30(37)34-18-23(19-35)32-17-21-10-4-7-13-28(21)34/h1-16,23,32,35H,17-19H2,(H,33,36). The van der Waals surface area contributed by atoms with Gasteiger partial charge in [0.15, 0.2) is 0 Å². The molecule has 1 unspecified atom stereocenters. The topological polar surface area (TPSA) is 81.7 Å². The summed E-state index contributed by atoms with van der Waals surface area (Å²) < 4.78 is 0. The first-order valence-corrected chi connectivity index (χ1v) is 12.4. The Morgan fingerprint density at radius 2 is 1.65 bits per heavy atom. The molecule has 4 aromatic carbocycles. The first-order chi connectivity index (χ1) is 18.0. The maximum atomic E-state index is 13.6. The molecule has 0 aliphatic carbocycles. The van der Waals surface area contributed by atoms with E-state index in [1.165, 1.54) is 0 Å². The molecule has 0 spiro atoms. The monoisotopic (exact) mass is 511 g/mol. The predicted octanol–water partition coefficient (Wildman–Crippen LogP) is 5.37. The number of aliphatic hydroxyl groups is 1. The number of carbonyl (C=O) groups is 2. The number of halogens is 1. The third-order valence-electron chi connectivity index (χ3n) is 6.45. The Labute approximate surface area is 220 Å². The summed E-state index contributed by atoms with van der Waals surface area (Å²) in [6.07, 6.45) is 0. The van der Waals surface area contributed by atoms with Crippen molar-refractivity contribution in [2.24, 2.45) is 0 Å². The molecular weight excluding hydrogens is 486 g/mol. The number of benzene rings is 4. The van der Waals surface area contributed by atoms with Gasteiger partial charge in [0, 0.05) is 36.1 Å². The van der Waals surface area contributed by atoms with Crippen molar-refractivity contribution in [1.29, 1.82) is 0 Å². The molecular formula is C30H26ClN3O3. The van der Waals surface area contributed by atoms with E-state index in [1.54, 1.807) is 29.2 Å². The Kier molecular flexibility index (Phi) is 7.32. The molecule has 2 amide bonds. The van der Waals surface area contributed by atoms with Gasteiger partial charge in [-0.25, -0.2) is 0 Å². The van der Waals surface area contributed by atoms with E-state index in [2.05, 4.69) is 10.6 Å². The fourth-order valence-corrected chi connectivity index (χ4v) is 4.80. The van der Waals surface area contributed by atoms with Crippen LogP contribution in [0.1, 0.15) is 26.3 Å². The highest BCUT2D eigenvalue weighted by Crippen LogP contribution is 2.29. The fraction of sp³-hybridized carbons (Fsp3) is 0.133. The van der Waals surface area contributed by atoms with Gasteiger partial charge in [0.1, 0.15) is 0 Å². The summed E-state index contributed by atoms with van der Waals surface area (Å²) in [6.45, 7) is 0.757. The molecule has 3 N–H and O–H groups in total. The Balaban J connectivity index is 1.39. The second kappa shape index (κ2) is 11.0. The average Bonchev–Trinajstić information content (AvgIpc) is 3.13. The van der Waals surface area contributed by atoms with Crippen molar-refractivity contribution in [2.75, 3.05) is 23.4 Å². The Morgan fingerprint density at radius 1 is 0.919 bits per heavy atom. The summed E-state index contributed by atoms with van der Waals surface area (Å²) in [5.74, 6) is -0.542. The highest BCUT2D eigenvalue weighted by molar-refractivity contribution is 6.35. The SMILES string of the molecule is O=C(Nc1ccc(C(=O)N2CC(CO)NCc3ccccc32)c(Cl)c1)c1ccccc1-c1ccccc1. The number of anilines is 2. The molecule has 0 radical (unpaired) electrons. The van der Waals surface area contributed by atoms with Gasteiger partial charge >= 0.3 is 0 Å². The zero-order valence-electron chi connectivity index (χ0n) is 20.0. The van der Waals surface area contributed by atoms with Gasteiger partial charge in [0.25, 0.3) is 11.8 Å². The van der Waals surface area contributed by atoms with Crippen LogP contribution >= 0.6 is 11.6 Å². The summed E-state index contributed by atoms with van der Waals surface area (Å²) in [4.78, 5) is 28.4. The first-order valence-electron chi connectivity index (χ1n) is 12.0. The molecule has 6 nitrogen and oxygen atoms in total. The molecule has 0 saturated heterocycles. The van der Waals surface area contributed by atoms with Crippen LogP contribution < -0.4 is 15.5 Å². The lowest BCUT2D eigenvalue weighted by Gasteiger charge is -2.25. The first kappa shape index (κ1) is 24.7. The van der Waals surface area contributed by atoms with Gasteiger partial charge in [0.05, 0.1) is 17.2 Å². The number of rotatable bonds is 5. The van der Waals surface area contributed by atoms with Gasteiger partial charge in [0.2, 0.25) is 0 Å². The lowest BCUT2D eigenvalue weighted by atomic mass is 9.99. The minimum Gasteiger partial charge on any atom is -0.395 e. The number of hydrogen-bond acceptors (Lipinski definition) is 4. The zero-order chi connectivity index (χ0) is 25.8. The molecule has 1 heterocycles. The number of fused-ring (bicyclic) bond motifs is 1. The quantitative estimate of drug-likeness (QED) is 0.336. The van der Waals surface area contributed by atoms with Gasteiger partial charge in [-0.15, -0.1) is 0 Å². The van der Waals surface area contributed by atoms with E-state index < -0.39 is 0 Å². The number of amides is 2. The van der Waals surface area contributed by atoms with Gasteiger partial charge in [-0.3, -0.25) is 9.59 Å². The summed E-state index contributed by atoms with van der Waals surface area (Å²) in [5.41, 5.74) is 4.85. The number of aliphatic hydroxyl groups excluding tert-OH is 1. The van der Waals surface area contributed by atoms with E-state index in [0.29, 0.717) is 29.9 Å². The van der Waals surface area contributed by atoms with E-state index in [9.17, 15) is 14.7 Å². The third kappa shape index (κ3) is 5.27. The lowest BCUT2D eigenvalue weighted by molar-refractivity contribution is 0.0981. The normalized spacial score (nSPS) is 15.0. The molecule has 4 aromatic rings. The molecule has 1 aliphatic heterocycles. The summed E-state index contributed by atoms with van der Waals surface area (Å²) in [7, 11) is 0. The van der Waals surface area contributed by atoms with Crippen molar-refractivity contribution in [3.05, 3.63) is 119 Å². The number of nitrogens with one attached hydrogen (secondary N) is 2. The van der Waals surface area contributed by atoms with Gasteiger partial charge in [-0.05, 0) is 47.0 Å². The maximum Gasteiger partial charge on any atom is 0.259 e. The van der Waals surface area contributed by atoms with Crippen LogP contribution in [0.25, 0.3) is 11.1 Å². The van der Waals surface area contributed by atoms with E-state index in [0.717, 1.165) is 22.4 Å². The Hall–Kier alpha value is -3.97. The van der Waals surface area contributed by atoms with Crippen LogP contribution in [0.5, 0.6) is 0 Å². The molecule has 1 aliphatic rings. The maximum absolute atomic E-state index is 13.6. The second-order valence-electron chi connectivity index (χ2n) is 8.87. The molecule has 0 aromatic heterocycles. The average molecular weight is 512 g/mol. The Morgan fingerprint density at radius 3 is 2.43 bits per heavy atom. The predicted molar refractivity (Wildman–Crippen MR) is 147 cm³/mol. The molecule has 7 heteroatoms. The zero-order valence-corrected chi connectivity index (χ0v) is 20.8. The second-order valence-corrected chi connectivity index (χ2v) is 9.27. The van der Waals surface area contributed by atoms with Gasteiger partial charge in [-0.1, -0.05) is 78.3 Å². The fourth-order valence-electron chi connectivity index (χ4n) is 4.54. The highest BCUT2D eigenvalue weighted by atomic mass is 35.5. The van der Waals surface area contributed by atoms with E-state index in [4.69, 9.17) is 11.6 Å². The molecule has 186 valence electrons. The van der Waals surface area contributed by atoms with Crippen molar-refractivity contribution in [2.45, 2.75) is 12.6 Å².